The molecule has 0 saturated heterocycles. The minimum atomic E-state index is -3.58. The minimum absolute atomic E-state index is 0.0717. The summed E-state index contributed by atoms with van der Waals surface area (Å²) in [5, 5.41) is 5.37. The molecule has 0 aromatic heterocycles. The predicted octanol–water partition coefficient (Wildman–Crippen LogP) is 1.27. The van der Waals surface area contributed by atoms with Gasteiger partial charge >= 0.3 is 0 Å². The van der Waals surface area contributed by atoms with Crippen LogP contribution in [0.5, 0.6) is 0 Å². The molecule has 7 nitrogen and oxygen atoms in total. The highest BCUT2D eigenvalue weighted by molar-refractivity contribution is 7.89. The van der Waals surface area contributed by atoms with Crippen LogP contribution in [0.3, 0.4) is 0 Å². The highest BCUT2D eigenvalue weighted by Crippen LogP contribution is 2.11. The fourth-order valence-corrected chi connectivity index (χ4v) is 3.20. The highest BCUT2D eigenvalue weighted by atomic mass is 32.2. The van der Waals surface area contributed by atoms with E-state index < -0.39 is 10.0 Å². The fraction of sp³-hybridized carbons (Fsp3) is 0.529. The Kier molecular flexibility index (Phi) is 8.05. The van der Waals surface area contributed by atoms with Gasteiger partial charge in [-0.25, -0.2) is 13.1 Å². The van der Waals surface area contributed by atoms with Crippen LogP contribution >= 0.6 is 0 Å². The molecule has 0 fully saturated rings. The molecule has 0 aliphatic heterocycles. The Morgan fingerprint density at radius 1 is 1.00 bits per heavy atom. The second kappa shape index (κ2) is 9.53. The van der Waals surface area contributed by atoms with Crippen molar-refractivity contribution < 1.29 is 18.0 Å². The molecule has 25 heavy (non-hydrogen) atoms. The normalized spacial score (nSPS) is 12.7. The first-order valence-corrected chi connectivity index (χ1v) is 9.84. The lowest BCUT2D eigenvalue weighted by Crippen LogP contribution is -2.36. The first-order chi connectivity index (χ1) is 11.7. The van der Waals surface area contributed by atoms with Crippen LogP contribution in [0.2, 0.25) is 0 Å². The van der Waals surface area contributed by atoms with E-state index in [0.717, 1.165) is 0 Å². The molecule has 0 heterocycles. The number of benzene rings is 1. The number of nitrogens with one attached hydrogen (secondary N) is 3. The molecule has 140 valence electrons. The third-order valence-electron chi connectivity index (χ3n) is 3.63. The van der Waals surface area contributed by atoms with Crippen molar-refractivity contribution in [3.05, 3.63) is 29.8 Å². The van der Waals surface area contributed by atoms with Crippen LogP contribution in [-0.2, 0) is 14.8 Å². The quantitative estimate of drug-likeness (QED) is 0.570. The van der Waals surface area contributed by atoms with Gasteiger partial charge in [0.15, 0.2) is 0 Å². The van der Waals surface area contributed by atoms with Crippen LogP contribution in [0.15, 0.2) is 29.2 Å². The molecule has 1 rings (SSSR count). The van der Waals surface area contributed by atoms with E-state index in [9.17, 15) is 18.0 Å². The molecular formula is C17H27N3O4S. The maximum atomic E-state index is 12.2. The maximum Gasteiger partial charge on any atom is 0.251 e. The zero-order valence-electron chi connectivity index (χ0n) is 15.1. The molecule has 0 radical (unpaired) electrons. The summed E-state index contributed by atoms with van der Waals surface area (Å²) in [6, 6.07) is 5.58. The second-order valence-electron chi connectivity index (χ2n) is 6.16. The molecule has 2 amide bonds. The number of amides is 2. The Balaban J connectivity index is 2.58. The summed E-state index contributed by atoms with van der Waals surface area (Å²) in [4.78, 5) is 23.5. The Morgan fingerprint density at radius 3 is 2.08 bits per heavy atom. The van der Waals surface area contributed by atoms with E-state index in [0.29, 0.717) is 25.1 Å². The molecule has 0 aliphatic rings. The van der Waals surface area contributed by atoms with Gasteiger partial charge in [-0.3, -0.25) is 9.59 Å². The first kappa shape index (κ1) is 21.1. The van der Waals surface area contributed by atoms with Crippen LogP contribution in [0.4, 0.5) is 0 Å². The SMILES string of the molecule is CCC(C)NS(=O)(=O)c1ccc(C(=O)NCCNC(=O)C(C)C)cc1. The number of hydrogen-bond acceptors (Lipinski definition) is 4. The van der Waals surface area contributed by atoms with Gasteiger partial charge in [-0.05, 0) is 37.6 Å². The fourth-order valence-electron chi connectivity index (χ4n) is 1.87. The molecule has 0 bridgehead atoms. The molecule has 8 heteroatoms. The molecule has 1 atom stereocenters. The van der Waals surface area contributed by atoms with Crippen molar-refractivity contribution in [3.63, 3.8) is 0 Å². The molecule has 3 N–H and O–H groups in total. The van der Waals surface area contributed by atoms with Gasteiger partial charge in [-0.1, -0.05) is 20.8 Å². The lowest BCUT2D eigenvalue weighted by atomic mass is 10.2. The van der Waals surface area contributed by atoms with Crippen molar-refractivity contribution in [1.82, 2.24) is 15.4 Å². The number of rotatable bonds is 9. The smallest absolute Gasteiger partial charge is 0.251 e. The first-order valence-electron chi connectivity index (χ1n) is 8.35. The zero-order valence-corrected chi connectivity index (χ0v) is 15.9. The molecule has 1 aromatic carbocycles. The molecule has 0 aliphatic carbocycles. The maximum absolute atomic E-state index is 12.2. The van der Waals surface area contributed by atoms with E-state index in [2.05, 4.69) is 15.4 Å². The predicted molar refractivity (Wildman–Crippen MR) is 96.7 cm³/mol. The van der Waals surface area contributed by atoms with Gasteiger partial charge < -0.3 is 10.6 Å². The summed E-state index contributed by atoms with van der Waals surface area (Å²) >= 11 is 0. The molecule has 1 aromatic rings. The monoisotopic (exact) mass is 369 g/mol. The molecule has 0 saturated carbocycles. The van der Waals surface area contributed by atoms with E-state index in [1.54, 1.807) is 20.8 Å². The summed E-state index contributed by atoms with van der Waals surface area (Å²) in [5.74, 6) is -0.496. The lowest BCUT2D eigenvalue weighted by Gasteiger charge is -2.12. The van der Waals surface area contributed by atoms with E-state index in [1.807, 2.05) is 6.92 Å². The summed E-state index contributed by atoms with van der Waals surface area (Å²) in [5.41, 5.74) is 0.359. The van der Waals surface area contributed by atoms with Crippen molar-refractivity contribution in [2.24, 2.45) is 5.92 Å². The van der Waals surface area contributed by atoms with E-state index in [4.69, 9.17) is 0 Å². The number of carbonyl (C=O) groups excluding carboxylic acids is 2. The van der Waals surface area contributed by atoms with Crippen molar-refractivity contribution >= 4 is 21.8 Å². The van der Waals surface area contributed by atoms with Crippen molar-refractivity contribution in [1.29, 1.82) is 0 Å². The topological polar surface area (TPSA) is 104 Å². The number of sulfonamides is 1. The van der Waals surface area contributed by atoms with E-state index in [-0.39, 0.29) is 28.7 Å². The average Bonchev–Trinajstić information content (AvgIpc) is 2.57. The van der Waals surface area contributed by atoms with Gasteiger partial charge in [0.05, 0.1) is 4.90 Å². The van der Waals surface area contributed by atoms with Crippen LogP contribution < -0.4 is 15.4 Å². The highest BCUT2D eigenvalue weighted by Gasteiger charge is 2.17. The second-order valence-corrected chi connectivity index (χ2v) is 7.87. The largest absolute Gasteiger partial charge is 0.354 e. The summed E-state index contributed by atoms with van der Waals surface area (Å²) in [6.45, 7) is 7.90. The Labute approximate surface area is 149 Å². The Morgan fingerprint density at radius 2 is 1.56 bits per heavy atom. The lowest BCUT2D eigenvalue weighted by molar-refractivity contribution is -0.123. The summed E-state index contributed by atoms with van der Waals surface area (Å²) < 4.78 is 26.9. The van der Waals surface area contributed by atoms with E-state index >= 15 is 0 Å². The van der Waals surface area contributed by atoms with Crippen molar-refractivity contribution in [3.8, 4) is 0 Å². The van der Waals surface area contributed by atoms with Gasteiger partial charge in [0.25, 0.3) is 5.91 Å². The molecule has 0 spiro atoms. The minimum Gasteiger partial charge on any atom is -0.354 e. The third kappa shape index (κ3) is 6.83. The summed E-state index contributed by atoms with van der Waals surface area (Å²) in [7, 11) is -3.58. The summed E-state index contributed by atoms with van der Waals surface area (Å²) in [6.07, 6.45) is 0.688. The van der Waals surface area contributed by atoms with Crippen molar-refractivity contribution in [2.75, 3.05) is 13.1 Å². The zero-order chi connectivity index (χ0) is 19.0. The molecular weight excluding hydrogens is 342 g/mol. The van der Waals surface area contributed by atoms with Crippen LogP contribution in [0.25, 0.3) is 0 Å². The van der Waals surface area contributed by atoms with Gasteiger partial charge in [-0.2, -0.15) is 0 Å². The standard InChI is InChI=1S/C17H27N3O4S/c1-5-13(4)20-25(23,24)15-8-6-14(7-9-15)17(22)19-11-10-18-16(21)12(2)3/h6-9,12-13,20H,5,10-11H2,1-4H3,(H,18,21)(H,19,22). The van der Waals surface area contributed by atoms with Gasteiger partial charge in [0.2, 0.25) is 15.9 Å². The van der Waals surface area contributed by atoms with Gasteiger partial charge in [-0.15, -0.1) is 0 Å². The van der Waals surface area contributed by atoms with Crippen LogP contribution in [0.1, 0.15) is 44.5 Å². The third-order valence-corrected chi connectivity index (χ3v) is 5.24. The van der Waals surface area contributed by atoms with Gasteiger partial charge in [0.1, 0.15) is 0 Å². The van der Waals surface area contributed by atoms with Crippen molar-refractivity contribution in [2.45, 2.75) is 45.1 Å². The van der Waals surface area contributed by atoms with Crippen LogP contribution in [-0.4, -0.2) is 39.4 Å². The number of carbonyl (C=O) groups is 2. The molecule has 1 unspecified atom stereocenters. The van der Waals surface area contributed by atoms with Crippen LogP contribution in [0, 0.1) is 5.92 Å². The Bertz CT molecular complexity index is 684. The number of hydrogen-bond donors (Lipinski definition) is 3. The van der Waals surface area contributed by atoms with Gasteiger partial charge in [0, 0.05) is 30.6 Å². The van der Waals surface area contributed by atoms with E-state index in [1.165, 1.54) is 24.3 Å². The Hall–Kier alpha value is -1.93. The average molecular weight is 369 g/mol.